The zero-order chi connectivity index (χ0) is 16.3. The van der Waals surface area contributed by atoms with Crippen LogP contribution in [-0.2, 0) is 4.79 Å². The Balaban J connectivity index is 1.82. The van der Waals surface area contributed by atoms with Crippen molar-refractivity contribution in [3.8, 4) is 0 Å². The third kappa shape index (κ3) is 4.23. The van der Waals surface area contributed by atoms with Gasteiger partial charge in [-0.15, -0.1) is 0 Å². The standard InChI is InChI=1S/C18H35N3O/c1-6-17(22)21-12-11-19(14-18(21,4)5)13-16-7-9-20(10-8-16)15(2)3/h15-16H,6-14H2,1-5H3. The van der Waals surface area contributed by atoms with Crippen LogP contribution in [-0.4, -0.2) is 71.5 Å². The number of likely N-dealkylation sites (tertiary alicyclic amines) is 1. The summed E-state index contributed by atoms with van der Waals surface area (Å²) in [5.74, 6) is 1.13. The number of carbonyl (C=O) groups is 1. The van der Waals surface area contributed by atoms with Gasteiger partial charge in [0.2, 0.25) is 5.91 Å². The van der Waals surface area contributed by atoms with E-state index in [1.165, 1.54) is 32.5 Å². The quantitative estimate of drug-likeness (QED) is 0.798. The summed E-state index contributed by atoms with van der Waals surface area (Å²) in [5.41, 5.74) is -0.0238. The van der Waals surface area contributed by atoms with Gasteiger partial charge in [-0.25, -0.2) is 0 Å². The predicted molar refractivity (Wildman–Crippen MR) is 92.0 cm³/mol. The maximum atomic E-state index is 12.1. The minimum Gasteiger partial charge on any atom is -0.335 e. The second kappa shape index (κ2) is 7.31. The summed E-state index contributed by atoms with van der Waals surface area (Å²) >= 11 is 0. The molecule has 4 heteroatoms. The molecule has 0 saturated carbocycles. The van der Waals surface area contributed by atoms with Crippen LogP contribution in [0.25, 0.3) is 0 Å². The van der Waals surface area contributed by atoms with Crippen molar-refractivity contribution in [2.75, 3.05) is 39.3 Å². The van der Waals surface area contributed by atoms with Crippen LogP contribution in [0, 0.1) is 5.92 Å². The van der Waals surface area contributed by atoms with Gasteiger partial charge in [0.15, 0.2) is 0 Å². The first-order valence-electron chi connectivity index (χ1n) is 9.10. The van der Waals surface area contributed by atoms with E-state index in [0.29, 0.717) is 18.4 Å². The lowest BCUT2D eigenvalue weighted by atomic mass is 9.93. The van der Waals surface area contributed by atoms with Crippen LogP contribution in [0.4, 0.5) is 0 Å². The molecule has 2 fully saturated rings. The minimum absolute atomic E-state index is 0.0238. The molecule has 0 aromatic heterocycles. The van der Waals surface area contributed by atoms with Gasteiger partial charge >= 0.3 is 0 Å². The second-order valence-electron chi connectivity index (χ2n) is 8.02. The molecule has 2 rings (SSSR count). The van der Waals surface area contributed by atoms with Gasteiger partial charge in [0, 0.05) is 44.2 Å². The van der Waals surface area contributed by atoms with Gasteiger partial charge in [-0.2, -0.15) is 0 Å². The summed E-state index contributed by atoms with van der Waals surface area (Å²) in [6.07, 6.45) is 3.27. The molecule has 2 saturated heterocycles. The fourth-order valence-electron chi connectivity index (χ4n) is 4.08. The van der Waals surface area contributed by atoms with Crippen molar-refractivity contribution < 1.29 is 4.79 Å². The highest BCUT2D eigenvalue weighted by Crippen LogP contribution is 2.25. The lowest BCUT2D eigenvalue weighted by molar-refractivity contribution is -0.140. The molecule has 2 heterocycles. The Labute approximate surface area is 136 Å². The Morgan fingerprint density at radius 2 is 1.77 bits per heavy atom. The molecule has 4 nitrogen and oxygen atoms in total. The number of hydrogen-bond acceptors (Lipinski definition) is 3. The molecular formula is C18H35N3O. The van der Waals surface area contributed by atoms with Crippen LogP contribution in [0.15, 0.2) is 0 Å². The maximum absolute atomic E-state index is 12.1. The number of carbonyl (C=O) groups excluding carboxylic acids is 1. The summed E-state index contributed by atoms with van der Waals surface area (Å²) in [4.78, 5) is 19.4. The van der Waals surface area contributed by atoms with E-state index >= 15 is 0 Å². The Bertz CT molecular complexity index is 373. The van der Waals surface area contributed by atoms with Crippen molar-refractivity contribution in [3.05, 3.63) is 0 Å². The monoisotopic (exact) mass is 309 g/mol. The topological polar surface area (TPSA) is 26.8 Å². The third-order valence-corrected chi connectivity index (χ3v) is 5.48. The molecule has 2 aliphatic rings. The highest BCUT2D eigenvalue weighted by Gasteiger charge is 2.36. The van der Waals surface area contributed by atoms with Crippen molar-refractivity contribution in [1.29, 1.82) is 0 Å². The van der Waals surface area contributed by atoms with Crippen LogP contribution in [0.5, 0.6) is 0 Å². The van der Waals surface area contributed by atoms with E-state index in [1.807, 2.05) is 6.92 Å². The van der Waals surface area contributed by atoms with Crippen LogP contribution < -0.4 is 0 Å². The summed E-state index contributed by atoms with van der Waals surface area (Å²) in [5, 5.41) is 0. The van der Waals surface area contributed by atoms with Gasteiger partial charge in [-0.3, -0.25) is 9.69 Å². The molecule has 0 unspecified atom stereocenters. The van der Waals surface area contributed by atoms with Crippen LogP contribution in [0.2, 0.25) is 0 Å². The zero-order valence-electron chi connectivity index (χ0n) is 15.3. The summed E-state index contributed by atoms with van der Waals surface area (Å²) in [6.45, 7) is 17.7. The summed E-state index contributed by atoms with van der Waals surface area (Å²) in [7, 11) is 0. The smallest absolute Gasteiger partial charge is 0.222 e. The van der Waals surface area contributed by atoms with Gasteiger partial charge < -0.3 is 9.80 Å². The van der Waals surface area contributed by atoms with E-state index in [-0.39, 0.29) is 5.54 Å². The molecule has 0 spiro atoms. The van der Waals surface area contributed by atoms with Crippen LogP contribution in [0.1, 0.15) is 53.9 Å². The van der Waals surface area contributed by atoms with Crippen molar-refractivity contribution in [1.82, 2.24) is 14.7 Å². The van der Waals surface area contributed by atoms with Crippen LogP contribution >= 0.6 is 0 Å². The molecule has 0 aliphatic carbocycles. The molecule has 0 radical (unpaired) electrons. The Morgan fingerprint density at radius 3 is 2.27 bits per heavy atom. The second-order valence-corrected chi connectivity index (χ2v) is 8.02. The highest BCUT2D eigenvalue weighted by atomic mass is 16.2. The molecule has 2 aliphatic heterocycles. The van der Waals surface area contributed by atoms with E-state index in [1.54, 1.807) is 0 Å². The number of rotatable bonds is 4. The largest absolute Gasteiger partial charge is 0.335 e. The molecule has 22 heavy (non-hydrogen) atoms. The molecular weight excluding hydrogens is 274 g/mol. The number of piperidine rings is 1. The number of amides is 1. The summed E-state index contributed by atoms with van der Waals surface area (Å²) in [6, 6.07) is 0.684. The number of piperazine rings is 1. The normalized spacial score (nSPS) is 24.9. The van der Waals surface area contributed by atoms with Crippen molar-refractivity contribution in [3.63, 3.8) is 0 Å². The Hall–Kier alpha value is -0.610. The average Bonchev–Trinajstić information content (AvgIpc) is 2.46. The highest BCUT2D eigenvalue weighted by molar-refractivity contribution is 5.76. The van der Waals surface area contributed by atoms with Crippen molar-refractivity contribution >= 4 is 5.91 Å². The van der Waals surface area contributed by atoms with Gasteiger partial charge in [0.05, 0.1) is 0 Å². The fraction of sp³-hybridized carbons (Fsp3) is 0.944. The SMILES string of the molecule is CCC(=O)N1CCN(CC2CCN(C(C)C)CC2)CC1(C)C. The van der Waals surface area contributed by atoms with Crippen molar-refractivity contribution in [2.24, 2.45) is 5.92 Å². The number of hydrogen-bond donors (Lipinski definition) is 0. The van der Waals surface area contributed by atoms with E-state index in [0.717, 1.165) is 25.6 Å². The Morgan fingerprint density at radius 1 is 1.14 bits per heavy atom. The average molecular weight is 309 g/mol. The maximum Gasteiger partial charge on any atom is 0.222 e. The van der Waals surface area contributed by atoms with Crippen LogP contribution in [0.3, 0.4) is 0 Å². The van der Waals surface area contributed by atoms with E-state index in [9.17, 15) is 4.79 Å². The van der Waals surface area contributed by atoms with E-state index in [2.05, 4.69) is 42.4 Å². The molecule has 0 aromatic carbocycles. The van der Waals surface area contributed by atoms with Gasteiger partial charge in [0.25, 0.3) is 0 Å². The molecule has 0 atom stereocenters. The van der Waals surface area contributed by atoms with Gasteiger partial charge in [-0.1, -0.05) is 6.92 Å². The zero-order valence-corrected chi connectivity index (χ0v) is 15.3. The minimum atomic E-state index is -0.0238. The molecule has 0 bridgehead atoms. The number of nitrogens with zero attached hydrogens (tertiary/aromatic N) is 3. The fourth-order valence-corrected chi connectivity index (χ4v) is 4.08. The van der Waals surface area contributed by atoms with E-state index in [4.69, 9.17) is 0 Å². The molecule has 0 aromatic rings. The molecule has 0 N–H and O–H groups in total. The lowest BCUT2D eigenvalue weighted by Gasteiger charge is -2.48. The lowest BCUT2D eigenvalue weighted by Crippen LogP contribution is -2.61. The third-order valence-electron chi connectivity index (χ3n) is 5.48. The van der Waals surface area contributed by atoms with Gasteiger partial charge in [0.1, 0.15) is 0 Å². The van der Waals surface area contributed by atoms with Gasteiger partial charge in [-0.05, 0) is 59.5 Å². The Kier molecular flexibility index (Phi) is 5.89. The van der Waals surface area contributed by atoms with E-state index < -0.39 is 0 Å². The summed E-state index contributed by atoms with van der Waals surface area (Å²) < 4.78 is 0. The molecule has 1 amide bonds. The first-order chi connectivity index (χ1) is 10.3. The predicted octanol–water partition coefficient (Wildman–Crippen LogP) is 2.44. The van der Waals surface area contributed by atoms with Crippen molar-refractivity contribution in [2.45, 2.75) is 65.5 Å². The first kappa shape index (κ1) is 17.7. The first-order valence-corrected chi connectivity index (χ1v) is 9.10. The molecule has 128 valence electrons.